The van der Waals surface area contributed by atoms with Crippen LogP contribution in [0.4, 0.5) is 5.69 Å². The molecule has 4 rings (SSSR count). The Hall–Kier alpha value is -3.01. The van der Waals surface area contributed by atoms with Gasteiger partial charge >= 0.3 is 0 Å². The molecule has 1 N–H and O–H groups in total. The Morgan fingerprint density at radius 3 is 2.67 bits per heavy atom. The first-order valence-electron chi connectivity index (χ1n) is 9.08. The topological polar surface area (TPSA) is 46.8 Å². The number of aliphatic imine (C=N–C) groups is 1. The first-order valence-corrected chi connectivity index (χ1v) is 9.08. The van der Waals surface area contributed by atoms with E-state index in [2.05, 4.69) is 50.9 Å². The third-order valence-electron chi connectivity index (χ3n) is 5.19. The lowest BCUT2D eigenvalue weighted by Crippen LogP contribution is -2.26. The van der Waals surface area contributed by atoms with E-state index in [0.29, 0.717) is 0 Å². The summed E-state index contributed by atoms with van der Waals surface area (Å²) in [5.74, 6) is 1.01. The minimum atomic E-state index is -0.309. The van der Waals surface area contributed by atoms with Crippen molar-refractivity contribution in [3.8, 4) is 11.6 Å². The fourth-order valence-corrected chi connectivity index (χ4v) is 4.06. The van der Waals surface area contributed by atoms with E-state index in [1.807, 2.05) is 28.8 Å². The molecule has 0 unspecified atom stereocenters. The van der Waals surface area contributed by atoms with Crippen LogP contribution in [0.15, 0.2) is 47.5 Å². The lowest BCUT2D eigenvalue weighted by atomic mass is 9.91. The number of methoxy groups -OCH3 is 1. The molecule has 1 aliphatic heterocycles. The summed E-state index contributed by atoms with van der Waals surface area (Å²) >= 11 is 0. The zero-order valence-corrected chi connectivity index (χ0v) is 16.4. The Balaban J connectivity index is 1.94. The van der Waals surface area contributed by atoms with Gasteiger partial charge in [0.15, 0.2) is 0 Å². The van der Waals surface area contributed by atoms with Crippen LogP contribution in [0.3, 0.4) is 0 Å². The summed E-state index contributed by atoms with van der Waals surface area (Å²) in [6, 6.07) is 11.9. The van der Waals surface area contributed by atoms with Gasteiger partial charge in [-0.3, -0.25) is 4.99 Å². The minimum Gasteiger partial charge on any atom is -0.497 e. The third-order valence-corrected chi connectivity index (χ3v) is 5.19. The molecule has 1 aromatic heterocycles. The number of nitrogens with zero attached hydrogens (tertiary/aromatic N) is 2. The molecular formula is C23H24N2O2. The Morgan fingerprint density at radius 2 is 1.93 bits per heavy atom. The molecule has 0 saturated carbocycles. The monoisotopic (exact) mass is 360 g/mol. The molecule has 0 fully saturated rings. The molecule has 138 valence electrons. The molecule has 2 heterocycles. The second-order valence-corrected chi connectivity index (χ2v) is 7.72. The van der Waals surface area contributed by atoms with Gasteiger partial charge in [0, 0.05) is 23.2 Å². The molecule has 0 amide bonds. The quantitative estimate of drug-likeness (QED) is 0.621. The lowest BCUT2D eigenvalue weighted by molar-refractivity contribution is 0.361. The number of hydrogen-bond donors (Lipinski definition) is 1. The van der Waals surface area contributed by atoms with Gasteiger partial charge in [0.05, 0.1) is 29.4 Å². The zero-order valence-electron chi connectivity index (χ0n) is 16.4. The fraction of sp³-hybridized carbons (Fsp3) is 0.261. The van der Waals surface area contributed by atoms with Crippen LogP contribution in [0.5, 0.6) is 11.6 Å². The highest BCUT2D eigenvalue weighted by atomic mass is 16.5. The number of ether oxygens (including phenoxy) is 1. The first-order chi connectivity index (χ1) is 12.8. The molecule has 3 aromatic rings. The van der Waals surface area contributed by atoms with Gasteiger partial charge in [0.25, 0.3) is 0 Å². The Morgan fingerprint density at radius 1 is 1.15 bits per heavy atom. The molecular weight excluding hydrogens is 336 g/mol. The van der Waals surface area contributed by atoms with E-state index in [1.165, 1.54) is 11.1 Å². The van der Waals surface area contributed by atoms with Gasteiger partial charge in [-0.1, -0.05) is 12.1 Å². The largest absolute Gasteiger partial charge is 0.497 e. The van der Waals surface area contributed by atoms with Gasteiger partial charge in [-0.2, -0.15) is 0 Å². The van der Waals surface area contributed by atoms with Crippen molar-refractivity contribution in [3.63, 3.8) is 0 Å². The molecule has 0 aliphatic carbocycles. The van der Waals surface area contributed by atoms with Crippen molar-refractivity contribution in [1.82, 2.24) is 4.57 Å². The zero-order chi connectivity index (χ0) is 19.3. The maximum absolute atomic E-state index is 11.1. The van der Waals surface area contributed by atoms with Crippen LogP contribution in [0, 0.1) is 6.92 Å². The molecule has 2 aromatic carbocycles. The number of aromatic hydroxyl groups is 1. The Kier molecular flexibility index (Phi) is 3.88. The van der Waals surface area contributed by atoms with Crippen LogP contribution in [0.25, 0.3) is 16.5 Å². The number of allylic oxidation sites excluding steroid dienone is 2. The predicted molar refractivity (Wildman–Crippen MR) is 112 cm³/mol. The van der Waals surface area contributed by atoms with Gasteiger partial charge in [-0.15, -0.1) is 0 Å². The standard InChI is InChI=1S/C23H24N2O2/c1-14-9-18-15(2)12-23(3,4)25-21(18)19(10-14)20(22(25)26)13-24-16-7-6-8-17(11-16)27-5/h6-13,26H,1-5H3. The summed E-state index contributed by atoms with van der Waals surface area (Å²) < 4.78 is 7.28. The highest BCUT2D eigenvalue weighted by molar-refractivity contribution is 6.07. The van der Waals surface area contributed by atoms with Crippen molar-refractivity contribution in [2.45, 2.75) is 33.2 Å². The van der Waals surface area contributed by atoms with Crippen LogP contribution >= 0.6 is 0 Å². The number of hydrogen-bond acceptors (Lipinski definition) is 3. The molecule has 0 bridgehead atoms. The van der Waals surface area contributed by atoms with Crippen molar-refractivity contribution in [3.05, 3.63) is 59.2 Å². The lowest BCUT2D eigenvalue weighted by Gasteiger charge is -2.31. The average molecular weight is 360 g/mol. The average Bonchev–Trinajstić information content (AvgIpc) is 2.90. The summed E-state index contributed by atoms with van der Waals surface area (Å²) in [4.78, 5) is 4.59. The predicted octanol–water partition coefficient (Wildman–Crippen LogP) is 5.57. The van der Waals surface area contributed by atoms with Crippen molar-refractivity contribution < 1.29 is 9.84 Å². The Labute approximate surface area is 159 Å². The number of aromatic nitrogens is 1. The molecule has 4 heteroatoms. The maximum Gasteiger partial charge on any atom is 0.201 e. The summed E-state index contributed by atoms with van der Waals surface area (Å²) in [6.07, 6.45) is 3.96. The van der Waals surface area contributed by atoms with Gasteiger partial charge in [-0.05, 0) is 63.1 Å². The van der Waals surface area contributed by atoms with E-state index >= 15 is 0 Å². The van der Waals surface area contributed by atoms with Crippen LogP contribution in [0.2, 0.25) is 0 Å². The molecule has 4 nitrogen and oxygen atoms in total. The maximum atomic E-state index is 11.1. The molecule has 0 atom stereocenters. The highest BCUT2D eigenvalue weighted by Gasteiger charge is 2.31. The molecule has 0 spiro atoms. The summed E-state index contributed by atoms with van der Waals surface area (Å²) in [6.45, 7) is 8.44. The fourth-order valence-electron chi connectivity index (χ4n) is 4.06. The van der Waals surface area contributed by atoms with Crippen molar-refractivity contribution in [1.29, 1.82) is 0 Å². The van der Waals surface area contributed by atoms with Crippen LogP contribution in [-0.4, -0.2) is 23.0 Å². The number of benzene rings is 2. The smallest absolute Gasteiger partial charge is 0.201 e. The van der Waals surface area contributed by atoms with Gasteiger partial charge in [0.1, 0.15) is 5.75 Å². The minimum absolute atomic E-state index is 0.247. The van der Waals surface area contributed by atoms with Crippen molar-refractivity contribution >= 4 is 28.4 Å². The van der Waals surface area contributed by atoms with Crippen LogP contribution < -0.4 is 4.74 Å². The van der Waals surface area contributed by atoms with E-state index in [9.17, 15) is 5.11 Å². The van der Waals surface area contributed by atoms with E-state index in [0.717, 1.165) is 33.5 Å². The van der Waals surface area contributed by atoms with E-state index in [-0.39, 0.29) is 11.4 Å². The summed E-state index contributed by atoms with van der Waals surface area (Å²) in [5.41, 5.74) is 5.85. The van der Waals surface area contributed by atoms with Gasteiger partial charge in [0.2, 0.25) is 5.88 Å². The number of rotatable bonds is 3. The number of aryl methyl sites for hydroxylation is 1. The molecule has 27 heavy (non-hydrogen) atoms. The van der Waals surface area contributed by atoms with Crippen molar-refractivity contribution in [2.75, 3.05) is 7.11 Å². The van der Waals surface area contributed by atoms with Crippen molar-refractivity contribution in [2.24, 2.45) is 4.99 Å². The third kappa shape index (κ3) is 2.72. The molecule has 0 saturated heterocycles. The van der Waals surface area contributed by atoms with Crippen LogP contribution in [-0.2, 0) is 5.54 Å². The van der Waals surface area contributed by atoms with Crippen LogP contribution in [0.1, 0.15) is 37.5 Å². The van der Waals surface area contributed by atoms with E-state index in [1.54, 1.807) is 13.3 Å². The van der Waals surface area contributed by atoms with Gasteiger partial charge in [-0.25, -0.2) is 0 Å². The Bertz CT molecular complexity index is 1120. The SMILES string of the molecule is COc1cccc(N=Cc2c(O)n3c4c(cc(C)cc24)C(C)=CC3(C)C)c1. The molecule has 0 radical (unpaired) electrons. The van der Waals surface area contributed by atoms with Gasteiger partial charge < -0.3 is 14.4 Å². The second kappa shape index (κ2) is 6.02. The molecule has 1 aliphatic rings. The summed E-state index contributed by atoms with van der Waals surface area (Å²) in [7, 11) is 1.64. The van der Waals surface area contributed by atoms with E-state index < -0.39 is 0 Å². The highest BCUT2D eigenvalue weighted by Crippen LogP contribution is 2.44. The second-order valence-electron chi connectivity index (χ2n) is 7.72. The normalized spacial score (nSPS) is 15.4. The summed E-state index contributed by atoms with van der Waals surface area (Å²) in [5, 5.41) is 12.1. The van der Waals surface area contributed by atoms with E-state index in [4.69, 9.17) is 4.74 Å². The first kappa shape index (κ1) is 17.4.